The maximum absolute atomic E-state index is 12.9. The number of aryl methyl sites for hydroxylation is 2. The second kappa shape index (κ2) is 9.66. The molecule has 2 aromatic heterocycles. The van der Waals surface area contributed by atoms with Crippen molar-refractivity contribution in [1.82, 2.24) is 18.7 Å². The Labute approximate surface area is 191 Å². The van der Waals surface area contributed by atoms with Crippen molar-refractivity contribution in [3.05, 3.63) is 50.4 Å². The van der Waals surface area contributed by atoms with Crippen LogP contribution in [0.1, 0.15) is 38.1 Å². The summed E-state index contributed by atoms with van der Waals surface area (Å²) in [4.78, 5) is 30.1. The molecule has 0 bridgehead atoms. The van der Waals surface area contributed by atoms with Gasteiger partial charge in [-0.25, -0.2) is 9.78 Å². The van der Waals surface area contributed by atoms with Crippen LogP contribution in [0.2, 0.25) is 0 Å². The molecule has 9 heteroatoms. The fourth-order valence-corrected chi connectivity index (χ4v) is 4.13. The van der Waals surface area contributed by atoms with Crippen molar-refractivity contribution in [2.75, 3.05) is 20.3 Å². The molecule has 176 valence electrons. The molecule has 0 aliphatic carbocycles. The molecule has 0 unspecified atom stereocenters. The molecule has 0 N–H and O–H groups in total. The van der Waals surface area contributed by atoms with Crippen molar-refractivity contribution in [2.24, 2.45) is 7.05 Å². The molecule has 1 fully saturated rings. The first-order valence-corrected chi connectivity index (χ1v) is 11.3. The Balaban J connectivity index is 1.70. The summed E-state index contributed by atoms with van der Waals surface area (Å²) < 4.78 is 21.6. The molecular formula is C24H30N4O5. The lowest BCUT2D eigenvalue weighted by atomic mass is 10.1. The van der Waals surface area contributed by atoms with Crippen LogP contribution in [0.15, 0.2) is 27.8 Å². The van der Waals surface area contributed by atoms with Gasteiger partial charge in [-0.2, -0.15) is 0 Å². The maximum atomic E-state index is 12.9. The third-order valence-corrected chi connectivity index (χ3v) is 5.98. The van der Waals surface area contributed by atoms with Crippen molar-refractivity contribution in [3.8, 4) is 11.5 Å². The van der Waals surface area contributed by atoms with E-state index in [4.69, 9.17) is 14.2 Å². The number of aromatic nitrogens is 4. The Morgan fingerprint density at radius 2 is 1.82 bits per heavy atom. The number of ether oxygens (including phenoxy) is 3. The summed E-state index contributed by atoms with van der Waals surface area (Å²) in [6.45, 7) is 5.79. The highest BCUT2D eigenvalue weighted by Gasteiger charge is 2.19. The molecule has 0 spiro atoms. The minimum absolute atomic E-state index is 0.0956. The van der Waals surface area contributed by atoms with Gasteiger partial charge >= 0.3 is 5.69 Å². The van der Waals surface area contributed by atoms with Gasteiger partial charge in [0.15, 0.2) is 22.7 Å². The largest absolute Gasteiger partial charge is 0.493 e. The van der Waals surface area contributed by atoms with Gasteiger partial charge in [0.2, 0.25) is 0 Å². The molecule has 1 aliphatic rings. The second-order valence-corrected chi connectivity index (χ2v) is 7.95. The molecule has 33 heavy (non-hydrogen) atoms. The summed E-state index contributed by atoms with van der Waals surface area (Å²) in [5, 5.41) is 0. The highest BCUT2D eigenvalue weighted by atomic mass is 16.5. The summed E-state index contributed by atoms with van der Waals surface area (Å²) in [5.41, 5.74) is 1.06. The SMILES string of the molecule is CCn1c(=O)c2c(nc(C=Cc3ccc(OC)c(OC4CCOCC4)c3)n2C)n(CC)c1=O. The highest BCUT2D eigenvalue weighted by Crippen LogP contribution is 2.31. The normalized spacial score (nSPS) is 14.9. The van der Waals surface area contributed by atoms with E-state index in [9.17, 15) is 9.59 Å². The molecule has 0 radical (unpaired) electrons. The van der Waals surface area contributed by atoms with Crippen molar-refractivity contribution in [3.63, 3.8) is 0 Å². The topological polar surface area (TPSA) is 89.5 Å². The number of hydrogen-bond acceptors (Lipinski definition) is 6. The van der Waals surface area contributed by atoms with Crippen LogP contribution in [0, 0.1) is 0 Å². The molecule has 1 saturated heterocycles. The van der Waals surface area contributed by atoms with Gasteiger partial charge in [0.25, 0.3) is 5.56 Å². The van der Waals surface area contributed by atoms with Crippen LogP contribution in [0.4, 0.5) is 0 Å². The molecular weight excluding hydrogens is 424 g/mol. The smallest absolute Gasteiger partial charge is 0.332 e. The minimum Gasteiger partial charge on any atom is -0.493 e. The molecule has 0 saturated carbocycles. The summed E-state index contributed by atoms with van der Waals surface area (Å²) in [5.74, 6) is 1.94. The predicted octanol–water partition coefficient (Wildman–Crippen LogP) is 2.67. The van der Waals surface area contributed by atoms with Crippen LogP contribution >= 0.6 is 0 Å². The third kappa shape index (κ3) is 4.32. The van der Waals surface area contributed by atoms with E-state index in [-0.39, 0.29) is 17.4 Å². The van der Waals surface area contributed by atoms with Crippen LogP contribution in [0.5, 0.6) is 11.5 Å². The van der Waals surface area contributed by atoms with Crippen LogP contribution in [-0.2, 0) is 24.9 Å². The molecule has 1 aliphatic heterocycles. The van der Waals surface area contributed by atoms with E-state index in [1.54, 1.807) is 25.6 Å². The summed E-state index contributed by atoms with van der Waals surface area (Å²) >= 11 is 0. The maximum Gasteiger partial charge on any atom is 0.332 e. The Morgan fingerprint density at radius 1 is 1.09 bits per heavy atom. The van der Waals surface area contributed by atoms with Crippen molar-refractivity contribution in [2.45, 2.75) is 45.9 Å². The zero-order valence-electron chi connectivity index (χ0n) is 19.5. The van der Waals surface area contributed by atoms with Crippen LogP contribution < -0.4 is 20.7 Å². The number of imidazole rings is 1. The lowest BCUT2D eigenvalue weighted by Gasteiger charge is -2.24. The summed E-state index contributed by atoms with van der Waals surface area (Å²) in [6.07, 6.45) is 5.53. The van der Waals surface area contributed by atoms with E-state index >= 15 is 0 Å². The Kier molecular flexibility index (Phi) is 6.69. The first-order valence-electron chi connectivity index (χ1n) is 11.3. The van der Waals surface area contributed by atoms with E-state index in [1.165, 1.54) is 9.13 Å². The summed E-state index contributed by atoms with van der Waals surface area (Å²) in [6, 6.07) is 5.73. The molecule has 1 aromatic carbocycles. The lowest BCUT2D eigenvalue weighted by molar-refractivity contribution is 0.0245. The summed E-state index contributed by atoms with van der Waals surface area (Å²) in [7, 11) is 3.41. The molecule has 0 atom stereocenters. The third-order valence-electron chi connectivity index (χ3n) is 5.98. The average Bonchev–Trinajstić information content (AvgIpc) is 3.15. The fourth-order valence-electron chi connectivity index (χ4n) is 4.13. The molecule has 3 aromatic rings. The van der Waals surface area contributed by atoms with E-state index in [0.717, 1.165) is 18.4 Å². The second-order valence-electron chi connectivity index (χ2n) is 7.95. The van der Waals surface area contributed by atoms with Gasteiger partial charge in [0, 0.05) is 33.0 Å². The minimum atomic E-state index is -0.337. The molecule has 3 heterocycles. The van der Waals surface area contributed by atoms with Crippen LogP contribution in [0.3, 0.4) is 0 Å². The molecule has 0 amide bonds. The van der Waals surface area contributed by atoms with Crippen molar-refractivity contribution >= 4 is 23.3 Å². The number of fused-ring (bicyclic) bond motifs is 1. The van der Waals surface area contributed by atoms with E-state index < -0.39 is 0 Å². The van der Waals surface area contributed by atoms with Gasteiger partial charge < -0.3 is 18.8 Å². The predicted molar refractivity (Wildman–Crippen MR) is 127 cm³/mol. The van der Waals surface area contributed by atoms with Crippen LogP contribution in [-0.4, -0.2) is 45.1 Å². The van der Waals surface area contributed by atoms with Gasteiger partial charge in [-0.05, 0) is 37.6 Å². The fraction of sp³-hybridized carbons (Fsp3) is 0.458. The van der Waals surface area contributed by atoms with Crippen molar-refractivity contribution in [1.29, 1.82) is 0 Å². The number of rotatable bonds is 7. The number of benzene rings is 1. The lowest BCUT2D eigenvalue weighted by Crippen LogP contribution is -2.39. The Bertz CT molecular complexity index is 1290. The highest BCUT2D eigenvalue weighted by molar-refractivity contribution is 5.77. The number of hydrogen-bond donors (Lipinski definition) is 0. The number of methoxy groups -OCH3 is 1. The molecule has 9 nitrogen and oxygen atoms in total. The van der Waals surface area contributed by atoms with E-state index in [0.29, 0.717) is 54.8 Å². The average molecular weight is 455 g/mol. The van der Waals surface area contributed by atoms with Gasteiger partial charge in [-0.3, -0.25) is 13.9 Å². The Hall–Kier alpha value is -3.33. The quantitative estimate of drug-likeness (QED) is 0.545. The van der Waals surface area contributed by atoms with E-state index in [1.807, 2.05) is 37.3 Å². The van der Waals surface area contributed by atoms with E-state index in [2.05, 4.69) is 4.98 Å². The van der Waals surface area contributed by atoms with Gasteiger partial charge in [-0.15, -0.1) is 0 Å². The monoisotopic (exact) mass is 454 g/mol. The first-order chi connectivity index (χ1) is 16.0. The van der Waals surface area contributed by atoms with Gasteiger partial charge in [0.1, 0.15) is 11.9 Å². The number of nitrogens with zero attached hydrogens (tertiary/aromatic N) is 4. The Morgan fingerprint density at radius 3 is 2.48 bits per heavy atom. The van der Waals surface area contributed by atoms with Gasteiger partial charge in [-0.1, -0.05) is 12.1 Å². The first kappa shape index (κ1) is 22.8. The van der Waals surface area contributed by atoms with Gasteiger partial charge in [0.05, 0.1) is 20.3 Å². The molecule has 4 rings (SSSR count). The zero-order chi connectivity index (χ0) is 23.5. The zero-order valence-corrected chi connectivity index (χ0v) is 19.5. The standard InChI is InChI=1S/C24H30N4O5/c1-5-27-22-21(23(29)28(6-2)24(27)30)26(3)20(25-22)10-8-16-7-9-18(31-4)19(15-16)33-17-11-13-32-14-12-17/h7-10,15,17H,5-6,11-14H2,1-4H3. The van der Waals surface area contributed by atoms with Crippen molar-refractivity contribution < 1.29 is 14.2 Å². The van der Waals surface area contributed by atoms with Crippen LogP contribution in [0.25, 0.3) is 23.3 Å².